The number of hydrogen-bond donors (Lipinski definition) is 0. The zero-order valence-corrected chi connectivity index (χ0v) is 10.3. The van der Waals surface area contributed by atoms with E-state index in [-0.39, 0.29) is 5.41 Å². The molecule has 8 heteroatoms. The van der Waals surface area contributed by atoms with Crippen molar-refractivity contribution >= 4 is 20.0 Å². The lowest BCUT2D eigenvalue weighted by Gasteiger charge is -2.58. The van der Waals surface area contributed by atoms with Gasteiger partial charge in [0.05, 0.1) is 12.5 Å². The summed E-state index contributed by atoms with van der Waals surface area (Å²) < 4.78 is 47.2. The third kappa shape index (κ3) is 1.91. The predicted molar refractivity (Wildman–Crippen MR) is 55.3 cm³/mol. The molecule has 0 aliphatic carbocycles. The van der Waals surface area contributed by atoms with Crippen LogP contribution in [-0.2, 0) is 20.0 Å². The first kappa shape index (κ1) is 11.3. The van der Waals surface area contributed by atoms with E-state index in [1.807, 2.05) is 0 Å². The highest BCUT2D eigenvalue weighted by atomic mass is 32.2. The zero-order chi connectivity index (χ0) is 11.5. The van der Waals surface area contributed by atoms with E-state index in [0.717, 1.165) is 0 Å². The van der Waals surface area contributed by atoms with Gasteiger partial charge in [0.25, 0.3) is 0 Å². The minimum absolute atomic E-state index is 0.105. The summed E-state index contributed by atoms with van der Waals surface area (Å²) >= 11 is 0. The van der Waals surface area contributed by atoms with Crippen molar-refractivity contribution < 1.29 is 16.8 Å². The van der Waals surface area contributed by atoms with Crippen LogP contribution in [0.4, 0.5) is 0 Å². The molecule has 0 aromatic rings. The summed E-state index contributed by atoms with van der Waals surface area (Å²) in [4.78, 5) is 0. The predicted octanol–water partition coefficient (Wildman–Crippen LogP) is -1.48. The Balaban J connectivity index is 1.93. The normalized spacial score (nSPS) is 27.3. The van der Waals surface area contributed by atoms with Crippen molar-refractivity contribution in [3.63, 3.8) is 0 Å². The summed E-state index contributed by atoms with van der Waals surface area (Å²) in [6.07, 6.45) is 2.35. The molecule has 0 aromatic carbocycles. The molecular weight excluding hydrogens is 240 g/mol. The van der Waals surface area contributed by atoms with Crippen molar-refractivity contribution in [1.29, 1.82) is 0 Å². The smallest absolute Gasteiger partial charge is 0.211 e. The van der Waals surface area contributed by atoms with E-state index in [0.29, 0.717) is 26.2 Å². The molecule has 0 bridgehead atoms. The maximum absolute atomic E-state index is 11.1. The van der Waals surface area contributed by atoms with Gasteiger partial charge in [0.15, 0.2) is 0 Å². The largest absolute Gasteiger partial charge is 0.213 e. The molecule has 1 spiro atoms. The Labute approximate surface area is 90.0 Å². The summed E-state index contributed by atoms with van der Waals surface area (Å²) in [5.41, 5.74) is -0.105. The van der Waals surface area contributed by atoms with Crippen molar-refractivity contribution in [3.05, 3.63) is 0 Å². The maximum Gasteiger partial charge on any atom is 0.211 e. The van der Waals surface area contributed by atoms with Crippen molar-refractivity contribution in [2.45, 2.75) is 0 Å². The lowest BCUT2D eigenvalue weighted by atomic mass is 9.76. The first-order valence-corrected chi connectivity index (χ1v) is 8.22. The molecule has 88 valence electrons. The summed E-state index contributed by atoms with van der Waals surface area (Å²) in [6, 6.07) is 0. The lowest BCUT2D eigenvalue weighted by Crippen LogP contribution is -2.73. The van der Waals surface area contributed by atoms with Crippen molar-refractivity contribution in [2.24, 2.45) is 5.41 Å². The molecular formula is C7H14N2O4S2. The second-order valence-electron chi connectivity index (χ2n) is 4.56. The summed E-state index contributed by atoms with van der Waals surface area (Å²) in [5.74, 6) is 0. The molecule has 15 heavy (non-hydrogen) atoms. The monoisotopic (exact) mass is 254 g/mol. The molecule has 0 unspecified atom stereocenters. The van der Waals surface area contributed by atoms with Gasteiger partial charge in [0.2, 0.25) is 20.0 Å². The highest BCUT2D eigenvalue weighted by Crippen LogP contribution is 2.41. The van der Waals surface area contributed by atoms with Crippen LogP contribution in [0.25, 0.3) is 0 Å². The van der Waals surface area contributed by atoms with Crippen molar-refractivity contribution in [3.8, 4) is 0 Å². The fourth-order valence-electron chi connectivity index (χ4n) is 2.07. The molecule has 2 fully saturated rings. The van der Waals surface area contributed by atoms with E-state index in [2.05, 4.69) is 0 Å². The third-order valence-corrected chi connectivity index (χ3v) is 5.38. The second kappa shape index (κ2) is 2.93. The minimum atomic E-state index is -3.10. The topological polar surface area (TPSA) is 74.8 Å². The van der Waals surface area contributed by atoms with Crippen LogP contribution in [-0.4, -0.2) is 64.1 Å². The van der Waals surface area contributed by atoms with Gasteiger partial charge in [-0.15, -0.1) is 0 Å². The molecule has 0 aromatic heterocycles. The van der Waals surface area contributed by atoms with Crippen LogP contribution in [0.15, 0.2) is 0 Å². The maximum atomic E-state index is 11.1. The molecule has 0 amide bonds. The Bertz CT molecular complexity index is 420. The van der Waals surface area contributed by atoms with E-state index < -0.39 is 20.0 Å². The molecule has 0 atom stereocenters. The molecule has 0 radical (unpaired) electrons. The van der Waals surface area contributed by atoms with Gasteiger partial charge in [0, 0.05) is 31.6 Å². The molecule has 2 aliphatic heterocycles. The van der Waals surface area contributed by atoms with E-state index in [9.17, 15) is 16.8 Å². The van der Waals surface area contributed by atoms with Gasteiger partial charge in [-0.1, -0.05) is 0 Å². The van der Waals surface area contributed by atoms with Crippen molar-refractivity contribution in [1.82, 2.24) is 8.61 Å². The van der Waals surface area contributed by atoms with E-state index in [4.69, 9.17) is 0 Å². The molecule has 2 aliphatic rings. The van der Waals surface area contributed by atoms with E-state index in [1.54, 1.807) is 0 Å². The fraction of sp³-hybridized carbons (Fsp3) is 1.00. The molecule has 2 heterocycles. The van der Waals surface area contributed by atoms with Crippen LogP contribution >= 0.6 is 0 Å². The van der Waals surface area contributed by atoms with Gasteiger partial charge in [0.1, 0.15) is 0 Å². The first-order chi connectivity index (χ1) is 6.62. The molecule has 2 rings (SSSR count). The summed E-state index contributed by atoms with van der Waals surface area (Å²) in [5, 5.41) is 0. The van der Waals surface area contributed by atoms with Gasteiger partial charge >= 0.3 is 0 Å². The van der Waals surface area contributed by atoms with Gasteiger partial charge in [-0.05, 0) is 0 Å². The molecule has 6 nitrogen and oxygen atoms in total. The average Bonchev–Trinajstić information content (AvgIpc) is 1.71. The van der Waals surface area contributed by atoms with Gasteiger partial charge in [-0.2, -0.15) is 0 Å². The number of hydrogen-bond acceptors (Lipinski definition) is 4. The lowest BCUT2D eigenvalue weighted by molar-refractivity contribution is -0.0368. The second-order valence-corrected chi connectivity index (χ2v) is 8.53. The minimum Gasteiger partial charge on any atom is -0.213 e. The Morgan fingerprint density at radius 3 is 1.27 bits per heavy atom. The Hall–Kier alpha value is -0.180. The summed E-state index contributed by atoms with van der Waals surface area (Å²) in [6.45, 7) is 1.82. The zero-order valence-electron chi connectivity index (χ0n) is 8.67. The van der Waals surface area contributed by atoms with Gasteiger partial charge in [-0.25, -0.2) is 25.4 Å². The third-order valence-electron chi connectivity index (χ3n) is 2.99. The van der Waals surface area contributed by atoms with Crippen LogP contribution in [0.2, 0.25) is 0 Å². The van der Waals surface area contributed by atoms with Crippen LogP contribution < -0.4 is 0 Å². The van der Waals surface area contributed by atoms with Crippen LogP contribution in [0.5, 0.6) is 0 Å². The Morgan fingerprint density at radius 2 is 1.07 bits per heavy atom. The number of rotatable bonds is 2. The quantitative estimate of drug-likeness (QED) is 0.602. The highest BCUT2D eigenvalue weighted by molar-refractivity contribution is 7.88. The number of sulfonamides is 2. The first-order valence-electron chi connectivity index (χ1n) is 4.53. The molecule has 2 saturated heterocycles. The summed E-state index contributed by atoms with van der Waals surface area (Å²) in [7, 11) is -6.20. The standard InChI is InChI=1S/C7H14N2O4S2/c1-14(10,11)8-3-7(4-8)5-9(6-7)15(2,12)13/h3-6H2,1-2H3. The fourth-order valence-corrected chi connectivity index (χ4v) is 4.11. The Morgan fingerprint density at radius 1 is 0.800 bits per heavy atom. The van der Waals surface area contributed by atoms with Gasteiger partial charge < -0.3 is 0 Å². The van der Waals surface area contributed by atoms with E-state index in [1.165, 1.54) is 21.1 Å². The molecule has 0 N–H and O–H groups in total. The average molecular weight is 254 g/mol. The van der Waals surface area contributed by atoms with Crippen LogP contribution in [0.3, 0.4) is 0 Å². The van der Waals surface area contributed by atoms with Crippen LogP contribution in [0.1, 0.15) is 0 Å². The van der Waals surface area contributed by atoms with Crippen molar-refractivity contribution in [2.75, 3.05) is 38.7 Å². The SMILES string of the molecule is CS(=O)(=O)N1CC2(C1)CN(S(C)(=O)=O)C2. The van der Waals surface area contributed by atoms with E-state index >= 15 is 0 Å². The Kier molecular flexibility index (Phi) is 2.21. The van der Waals surface area contributed by atoms with Gasteiger partial charge in [-0.3, -0.25) is 0 Å². The van der Waals surface area contributed by atoms with Crippen LogP contribution in [0, 0.1) is 5.41 Å². The number of nitrogens with zero attached hydrogens (tertiary/aromatic N) is 2. The molecule has 0 saturated carbocycles. The highest BCUT2D eigenvalue weighted by Gasteiger charge is 2.56.